The lowest BCUT2D eigenvalue weighted by Crippen LogP contribution is -2.14. The van der Waals surface area contributed by atoms with Gasteiger partial charge >= 0.3 is 6.18 Å². The molecule has 2 N–H and O–H groups in total. The molecule has 92 valence electrons. The summed E-state index contributed by atoms with van der Waals surface area (Å²) in [7, 11) is 0. The number of hydrogen-bond donors (Lipinski definition) is 1. The molecule has 0 saturated carbocycles. The Labute approximate surface area is 89.0 Å². The molecule has 0 saturated heterocycles. The standard InChI is InChI=1S/C10H20F3NO/c1-9(14)5-2-3-7-15-8-4-6-10(11,12)13/h9H,2-8,14H2,1H3. The molecular formula is C10H20F3NO. The Kier molecular flexibility index (Phi) is 7.78. The lowest BCUT2D eigenvalue weighted by molar-refractivity contribution is -0.137. The van der Waals surface area contributed by atoms with Crippen molar-refractivity contribution in [3.8, 4) is 0 Å². The lowest BCUT2D eigenvalue weighted by Gasteiger charge is -2.07. The quantitative estimate of drug-likeness (QED) is 0.647. The second-order valence-corrected chi connectivity index (χ2v) is 3.80. The molecule has 2 nitrogen and oxygen atoms in total. The first-order valence-corrected chi connectivity index (χ1v) is 5.32. The van der Waals surface area contributed by atoms with Crippen molar-refractivity contribution in [2.45, 2.75) is 51.2 Å². The zero-order chi connectivity index (χ0) is 11.7. The number of unbranched alkanes of at least 4 members (excludes halogenated alkanes) is 1. The highest BCUT2D eigenvalue weighted by atomic mass is 19.4. The van der Waals surface area contributed by atoms with Crippen molar-refractivity contribution < 1.29 is 17.9 Å². The van der Waals surface area contributed by atoms with Crippen molar-refractivity contribution in [2.24, 2.45) is 5.73 Å². The number of hydrogen-bond acceptors (Lipinski definition) is 2. The highest BCUT2D eigenvalue weighted by Crippen LogP contribution is 2.20. The van der Waals surface area contributed by atoms with E-state index in [1.54, 1.807) is 0 Å². The van der Waals surface area contributed by atoms with Gasteiger partial charge in [0, 0.05) is 25.7 Å². The monoisotopic (exact) mass is 227 g/mol. The molecule has 0 aliphatic carbocycles. The van der Waals surface area contributed by atoms with Gasteiger partial charge in [0.05, 0.1) is 0 Å². The molecule has 0 bridgehead atoms. The number of alkyl halides is 3. The van der Waals surface area contributed by atoms with Crippen LogP contribution < -0.4 is 5.73 Å². The van der Waals surface area contributed by atoms with Crippen LogP contribution in [0.25, 0.3) is 0 Å². The van der Waals surface area contributed by atoms with Gasteiger partial charge in [0.15, 0.2) is 0 Å². The maximum atomic E-state index is 11.7. The van der Waals surface area contributed by atoms with Crippen LogP contribution in [0.5, 0.6) is 0 Å². The summed E-state index contributed by atoms with van der Waals surface area (Å²) in [5.41, 5.74) is 5.54. The molecule has 0 spiro atoms. The van der Waals surface area contributed by atoms with Crippen LogP contribution in [-0.2, 0) is 4.74 Å². The van der Waals surface area contributed by atoms with E-state index >= 15 is 0 Å². The Morgan fingerprint density at radius 3 is 2.27 bits per heavy atom. The Morgan fingerprint density at radius 1 is 1.13 bits per heavy atom. The van der Waals surface area contributed by atoms with Crippen LogP contribution in [0.4, 0.5) is 13.2 Å². The van der Waals surface area contributed by atoms with Crippen molar-refractivity contribution >= 4 is 0 Å². The highest BCUT2D eigenvalue weighted by molar-refractivity contribution is 4.53. The third-order valence-corrected chi connectivity index (χ3v) is 1.95. The van der Waals surface area contributed by atoms with Gasteiger partial charge in [0.1, 0.15) is 0 Å². The van der Waals surface area contributed by atoms with E-state index in [0.717, 1.165) is 19.3 Å². The van der Waals surface area contributed by atoms with E-state index in [4.69, 9.17) is 10.5 Å². The summed E-state index contributed by atoms with van der Waals surface area (Å²) in [6.07, 6.45) is -1.99. The van der Waals surface area contributed by atoms with Crippen molar-refractivity contribution in [3.05, 3.63) is 0 Å². The number of ether oxygens (including phenoxy) is 1. The fourth-order valence-corrected chi connectivity index (χ4v) is 1.15. The minimum atomic E-state index is -4.06. The van der Waals surface area contributed by atoms with Gasteiger partial charge in [-0.2, -0.15) is 13.2 Å². The molecule has 0 amide bonds. The van der Waals surface area contributed by atoms with Gasteiger partial charge in [-0.25, -0.2) is 0 Å². The van der Waals surface area contributed by atoms with Crippen molar-refractivity contribution in [1.29, 1.82) is 0 Å². The largest absolute Gasteiger partial charge is 0.389 e. The van der Waals surface area contributed by atoms with Gasteiger partial charge in [-0.1, -0.05) is 0 Å². The molecule has 1 atom stereocenters. The van der Waals surface area contributed by atoms with Crippen LogP contribution in [0.1, 0.15) is 39.0 Å². The van der Waals surface area contributed by atoms with E-state index < -0.39 is 12.6 Å². The zero-order valence-corrected chi connectivity index (χ0v) is 9.15. The molecule has 0 aliphatic rings. The SMILES string of the molecule is CC(N)CCCCOCCCC(F)(F)F. The topological polar surface area (TPSA) is 35.2 Å². The first kappa shape index (κ1) is 14.7. The molecular weight excluding hydrogens is 207 g/mol. The molecule has 15 heavy (non-hydrogen) atoms. The summed E-state index contributed by atoms with van der Waals surface area (Å²) in [6, 6.07) is 0.190. The van der Waals surface area contributed by atoms with Crippen LogP contribution >= 0.6 is 0 Å². The van der Waals surface area contributed by atoms with E-state index in [0.29, 0.717) is 6.61 Å². The fraction of sp³-hybridized carbons (Fsp3) is 1.00. The van der Waals surface area contributed by atoms with Crippen LogP contribution in [0, 0.1) is 0 Å². The van der Waals surface area contributed by atoms with Crippen molar-refractivity contribution in [2.75, 3.05) is 13.2 Å². The summed E-state index contributed by atoms with van der Waals surface area (Å²) in [5, 5.41) is 0. The van der Waals surface area contributed by atoms with Crippen molar-refractivity contribution in [1.82, 2.24) is 0 Å². The molecule has 0 heterocycles. The van der Waals surface area contributed by atoms with Crippen LogP contribution in [0.15, 0.2) is 0 Å². The summed E-state index contributed by atoms with van der Waals surface area (Å²) < 4.78 is 40.2. The molecule has 0 rings (SSSR count). The smallest absolute Gasteiger partial charge is 0.381 e. The Balaban J connectivity index is 3.06. The summed E-state index contributed by atoms with van der Waals surface area (Å²) in [6.45, 7) is 2.66. The fourth-order valence-electron chi connectivity index (χ4n) is 1.15. The van der Waals surface area contributed by atoms with Crippen LogP contribution in [-0.4, -0.2) is 25.4 Å². The van der Waals surface area contributed by atoms with Gasteiger partial charge in [0.2, 0.25) is 0 Å². The van der Waals surface area contributed by atoms with E-state index in [1.165, 1.54) is 0 Å². The zero-order valence-electron chi connectivity index (χ0n) is 9.15. The highest BCUT2D eigenvalue weighted by Gasteiger charge is 2.25. The molecule has 0 fully saturated rings. The maximum Gasteiger partial charge on any atom is 0.389 e. The first-order valence-electron chi connectivity index (χ1n) is 5.32. The molecule has 0 aromatic carbocycles. The van der Waals surface area contributed by atoms with Gasteiger partial charge < -0.3 is 10.5 Å². The predicted molar refractivity (Wildman–Crippen MR) is 53.6 cm³/mol. The molecule has 0 aromatic heterocycles. The Morgan fingerprint density at radius 2 is 1.73 bits per heavy atom. The van der Waals surface area contributed by atoms with Gasteiger partial charge in [0.25, 0.3) is 0 Å². The number of nitrogens with two attached hydrogens (primary N) is 1. The van der Waals surface area contributed by atoms with E-state index in [-0.39, 0.29) is 19.1 Å². The molecule has 0 aliphatic heterocycles. The Hall–Kier alpha value is -0.290. The molecule has 1 unspecified atom stereocenters. The summed E-state index contributed by atoms with van der Waals surface area (Å²) >= 11 is 0. The second-order valence-electron chi connectivity index (χ2n) is 3.80. The van der Waals surface area contributed by atoms with Gasteiger partial charge in [-0.15, -0.1) is 0 Å². The minimum Gasteiger partial charge on any atom is -0.381 e. The van der Waals surface area contributed by atoms with Crippen LogP contribution in [0.2, 0.25) is 0 Å². The first-order chi connectivity index (χ1) is 6.92. The predicted octanol–water partition coefficient (Wildman–Crippen LogP) is 2.86. The average Bonchev–Trinajstić information content (AvgIpc) is 2.07. The number of rotatable bonds is 8. The maximum absolute atomic E-state index is 11.7. The molecule has 0 aromatic rings. The van der Waals surface area contributed by atoms with Gasteiger partial charge in [-0.05, 0) is 32.6 Å². The molecule has 5 heteroatoms. The van der Waals surface area contributed by atoms with Crippen molar-refractivity contribution in [3.63, 3.8) is 0 Å². The third-order valence-electron chi connectivity index (χ3n) is 1.95. The third kappa shape index (κ3) is 13.7. The average molecular weight is 227 g/mol. The van der Waals surface area contributed by atoms with Gasteiger partial charge in [-0.3, -0.25) is 0 Å². The molecule has 0 radical (unpaired) electrons. The Bertz CT molecular complexity index is 148. The minimum absolute atomic E-state index is 0.0524. The number of halogens is 3. The van der Waals surface area contributed by atoms with E-state index in [2.05, 4.69) is 0 Å². The van der Waals surface area contributed by atoms with E-state index in [1.807, 2.05) is 6.92 Å². The normalized spacial score (nSPS) is 14.2. The van der Waals surface area contributed by atoms with E-state index in [9.17, 15) is 13.2 Å². The summed E-state index contributed by atoms with van der Waals surface area (Å²) in [5.74, 6) is 0. The van der Waals surface area contributed by atoms with Crippen LogP contribution in [0.3, 0.4) is 0 Å². The second kappa shape index (κ2) is 7.93. The lowest BCUT2D eigenvalue weighted by atomic mass is 10.1. The summed E-state index contributed by atoms with van der Waals surface area (Å²) in [4.78, 5) is 0.